The van der Waals surface area contributed by atoms with Crippen molar-refractivity contribution in [1.82, 2.24) is 5.43 Å². The van der Waals surface area contributed by atoms with Gasteiger partial charge in [0.25, 0.3) is 5.91 Å². The van der Waals surface area contributed by atoms with E-state index in [4.69, 9.17) is 4.74 Å². The number of nitrogens with zero attached hydrogens (tertiary/aromatic N) is 1. The molecule has 120 valence electrons. The molecule has 0 unspecified atom stereocenters. The van der Waals surface area contributed by atoms with E-state index in [9.17, 15) is 9.90 Å². The lowest BCUT2D eigenvalue weighted by atomic mass is 10.2. The van der Waals surface area contributed by atoms with E-state index < -0.39 is 0 Å². The Bertz CT molecular complexity index is 714. The number of nitrogens with one attached hydrogen (secondary N) is 2. The Kier molecular flexibility index (Phi) is 5.57. The van der Waals surface area contributed by atoms with Crippen molar-refractivity contribution in [3.8, 4) is 11.5 Å². The molecule has 2 aromatic carbocycles. The SMILES string of the molecule is COc1cccc(C=NNC(=O)CNc2ccccc2C)c1O. The van der Waals surface area contributed by atoms with Gasteiger partial charge in [-0.1, -0.05) is 24.3 Å². The molecule has 6 heteroatoms. The van der Waals surface area contributed by atoms with Crippen LogP contribution in [-0.4, -0.2) is 30.9 Å². The first-order chi connectivity index (χ1) is 11.1. The number of phenols is 1. The zero-order valence-electron chi connectivity index (χ0n) is 13.0. The van der Waals surface area contributed by atoms with Gasteiger partial charge in [-0.05, 0) is 30.7 Å². The maximum atomic E-state index is 11.8. The Hall–Kier alpha value is -3.02. The molecule has 0 aromatic heterocycles. The normalized spacial score (nSPS) is 10.5. The van der Waals surface area contributed by atoms with Crippen molar-refractivity contribution in [3.05, 3.63) is 53.6 Å². The van der Waals surface area contributed by atoms with Gasteiger partial charge in [0, 0.05) is 11.3 Å². The zero-order chi connectivity index (χ0) is 16.7. The summed E-state index contributed by atoms with van der Waals surface area (Å²) in [5.41, 5.74) is 4.82. The summed E-state index contributed by atoms with van der Waals surface area (Å²) in [7, 11) is 1.47. The van der Waals surface area contributed by atoms with Crippen molar-refractivity contribution in [2.75, 3.05) is 19.0 Å². The van der Waals surface area contributed by atoms with Crippen LogP contribution in [0, 0.1) is 6.92 Å². The second-order valence-electron chi connectivity index (χ2n) is 4.86. The van der Waals surface area contributed by atoms with Crippen molar-refractivity contribution < 1.29 is 14.6 Å². The van der Waals surface area contributed by atoms with Gasteiger partial charge in [-0.15, -0.1) is 0 Å². The Balaban J connectivity index is 1.88. The minimum atomic E-state index is -0.285. The third kappa shape index (κ3) is 4.47. The number of phenolic OH excluding ortho intramolecular Hbond substituents is 1. The number of carbonyl (C=O) groups excluding carboxylic acids is 1. The number of para-hydroxylation sites is 2. The van der Waals surface area contributed by atoms with Gasteiger partial charge in [-0.3, -0.25) is 4.79 Å². The van der Waals surface area contributed by atoms with Gasteiger partial charge in [0.2, 0.25) is 0 Å². The topological polar surface area (TPSA) is 83.0 Å². The summed E-state index contributed by atoms with van der Waals surface area (Å²) in [6.07, 6.45) is 1.36. The molecule has 2 aromatic rings. The van der Waals surface area contributed by atoms with Gasteiger partial charge < -0.3 is 15.2 Å². The van der Waals surface area contributed by atoms with E-state index in [1.165, 1.54) is 13.3 Å². The summed E-state index contributed by atoms with van der Waals surface area (Å²) >= 11 is 0. The van der Waals surface area contributed by atoms with E-state index in [2.05, 4.69) is 15.8 Å². The quantitative estimate of drug-likeness (QED) is 0.564. The first kappa shape index (κ1) is 16.4. The highest BCUT2D eigenvalue weighted by atomic mass is 16.5. The molecule has 3 N–H and O–H groups in total. The summed E-state index contributed by atoms with van der Waals surface area (Å²) < 4.78 is 5.00. The van der Waals surface area contributed by atoms with Gasteiger partial charge in [0.15, 0.2) is 11.5 Å². The number of rotatable bonds is 6. The van der Waals surface area contributed by atoms with Crippen LogP contribution in [0.25, 0.3) is 0 Å². The Labute approximate surface area is 134 Å². The van der Waals surface area contributed by atoms with Gasteiger partial charge in [-0.25, -0.2) is 5.43 Å². The lowest BCUT2D eigenvalue weighted by molar-refractivity contribution is -0.119. The zero-order valence-corrected chi connectivity index (χ0v) is 13.0. The number of methoxy groups -OCH3 is 1. The van der Waals surface area contributed by atoms with E-state index in [1.807, 2.05) is 31.2 Å². The van der Waals surface area contributed by atoms with Crippen molar-refractivity contribution in [2.24, 2.45) is 5.10 Å². The molecule has 0 aliphatic rings. The highest BCUT2D eigenvalue weighted by molar-refractivity contribution is 5.87. The van der Waals surface area contributed by atoms with Gasteiger partial charge in [-0.2, -0.15) is 5.10 Å². The van der Waals surface area contributed by atoms with Crippen molar-refractivity contribution in [1.29, 1.82) is 0 Å². The van der Waals surface area contributed by atoms with Gasteiger partial charge in [0.1, 0.15) is 0 Å². The third-order valence-corrected chi connectivity index (χ3v) is 3.23. The summed E-state index contributed by atoms with van der Waals surface area (Å²) in [5, 5.41) is 16.8. The fourth-order valence-corrected chi connectivity index (χ4v) is 1.97. The minimum absolute atomic E-state index is 0.0222. The van der Waals surface area contributed by atoms with E-state index in [1.54, 1.807) is 18.2 Å². The Morgan fingerprint density at radius 2 is 2.04 bits per heavy atom. The van der Waals surface area contributed by atoms with Crippen molar-refractivity contribution in [3.63, 3.8) is 0 Å². The van der Waals surface area contributed by atoms with Gasteiger partial charge >= 0.3 is 0 Å². The van der Waals surface area contributed by atoms with E-state index in [0.717, 1.165) is 11.3 Å². The molecular weight excluding hydrogens is 294 g/mol. The molecule has 0 saturated carbocycles. The molecule has 6 nitrogen and oxygen atoms in total. The fraction of sp³-hybridized carbons (Fsp3) is 0.176. The maximum Gasteiger partial charge on any atom is 0.259 e. The minimum Gasteiger partial charge on any atom is -0.504 e. The molecule has 2 rings (SSSR count). The number of aryl methyl sites for hydroxylation is 1. The molecular formula is C17H19N3O3. The molecule has 1 amide bonds. The van der Waals surface area contributed by atoms with E-state index in [0.29, 0.717) is 11.3 Å². The molecule has 0 aliphatic heterocycles. The first-order valence-electron chi connectivity index (χ1n) is 7.09. The van der Waals surface area contributed by atoms with Crippen LogP contribution < -0.4 is 15.5 Å². The number of amides is 1. The highest BCUT2D eigenvalue weighted by Crippen LogP contribution is 2.27. The van der Waals surface area contributed by atoms with Crippen LogP contribution in [-0.2, 0) is 4.79 Å². The van der Waals surface area contributed by atoms with Crippen LogP contribution in [0.2, 0.25) is 0 Å². The predicted molar refractivity (Wildman–Crippen MR) is 90.1 cm³/mol. The second kappa shape index (κ2) is 7.84. The van der Waals surface area contributed by atoms with Crippen LogP contribution in [0.5, 0.6) is 11.5 Å². The van der Waals surface area contributed by atoms with Crippen LogP contribution >= 0.6 is 0 Å². The average molecular weight is 313 g/mol. The second-order valence-corrected chi connectivity index (χ2v) is 4.86. The lowest BCUT2D eigenvalue weighted by Gasteiger charge is -2.08. The van der Waals surface area contributed by atoms with Crippen LogP contribution in [0.15, 0.2) is 47.6 Å². The number of benzene rings is 2. The molecule has 0 atom stereocenters. The third-order valence-electron chi connectivity index (χ3n) is 3.23. The molecule has 0 aliphatic carbocycles. The number of hydrogen-bond donors (Lipinski definition) is 3. The number of hydrazone groups is 1. The first-order valence-corrected chi connectivity index (χ1v) is 7.09. The number of aromatic hydroxyl groups is 1. The van der Waals surface area contributed by atoms with Crippen LogP contribution in [0.3, 0.4) is 0 Å². The van der Waals surface area contributed by atoms with Gasteiger partial charge in [0.05, 0.1) is 19.9 Å². The van der Waals surface area contributed by atoms with Crippen molar-refractivity contribution in [2.45, 2.75) is 6.92 Å². The predicted octanol–water partition coefficient (Wildman–Crippen LogP) is 2.27. The number of hydrogen-bond acceptors (Lipinski definition) is 5. The fourth-order valence-electron chi connectivity index (χ4n) is 1.97. The number of anilines is 1. The summed E-state index contributed by atoms with van der Waals surface area (Å²) in [6.45, 7) is 2.07. The summed E-state index contributed by atoms with van der Waals surface area (Å²) in [4.78, 5) is 11.8. The molecule has 0 radical (unpaired) electrons. The summed E-state index contributed by atoms with van der Waals surface area (Å²) in [6, 6.07) is 12.7. The monoisotopic (exact) mass is 313 g/mol. The Morgan fingerprint density at radius 3 is 2.78 bits per heavy atom. The van der Waals surface area contributed by atoms with Crippen molar-refractivity contribution >= 4 is 17.8 Å². The van der Waals surface area contributed by atoms with Crippen LogP contribution in [0.1, 0.15) is 11.1 Å². The van der Waals surface area contributed by atoms with E-state index >= 15 is 0 Å². The maximum absolute atomic E-state index is 11.8. The lowest BCUT2D eigenvalue weighted by Crippen LogP contribution is -2.26. The van der Waals surface area contributed by atoms with Crippen LogP contribution in [0.4, 0.5) is 5.69 Å². The number of ether oxygens (including phenoxy) is 1. The smallest absolute Gasteiger partial charge is 0.259 e. The molecule has 0 bridgehead atoms. The van der Waals surface area contributed by atoms with E-state index in [-0.39, 0.29) is 18.2 Å². The molecule has 0 spiro atoms. The Morgan fingerprint density at radius 1 is 1.26 bits per heavy atom. The number of carbonyl (C=O) groups is 1. The summed E-state index contributed by atoms with van der Waals surface area (Å²) in [5.74, 6) is 0.0411. The largest absolute Gasteiger partial charge is 0.504 e. The molecule has 0 heterocycles. The standard InChI is InChI=1S/C17H19N3O3/c1-12-6-3-4-8-14(12)18-11-16(21)20-19-10-13-7-5-9-15(23-2)17(13)22/h3-10,18,22H,11H2,1-2H3,(H,20,21). The highest BCUT2D eigenvalue weighted by Gasteiger charge is 2.05. The average Bonchev–Trinajstić information content (AvgIpc) is 2.55. The molecule has 0 fully saturated rings. The molecule has 0 saturated heterocycles. The molecule has 23 heavy (non-hydrogen) atoms.